The summed E-state index contributed by atoms with van der Waals surface area (Å²) in [5.74, 6) is -0.555. The zero-order chi connectivity index (χ0) is 8.85. The largest absolute Gasteiger partial charge is 0.463 e. The van der Waals surface area contributed by atoms with Crippen molar-refractivity contribution < 1.29 is 18.3 Å². The fourth-order valence-corrected chi connectivity index (χ4v) is 0.549. The van der Waals surface area contributed by atoms with E-state index < -0.39 is 18.8 Å². The minimum absolute atomic E-state index is 0.199. The van der Waals surface area contributed by atoms with Crippen molar-refractivity contribution in [1.82, 2.24) is 0 Å². The Bertz CT molecular complexity index is 124. The first-order chi connectivity index (χ1) is 5.02. The molecule has 0 saturated heterocycles. The number of halogens is 2. The normalized spacial score (nSPS) is 10.7. The smallest absolute Gasteiger partial charge is 0.306 e. The van der Waals surface area contributed by atoms with E-state index in [9.17, 15) is 13.6 Å². The van der Waals surface area contributed by atoms with E-state index in [1.165, 1.54) is 0 Å². The summed E-state index contributed by atoms with van der Waals surface area (Å²) in [4.78, 5) is 10.6. The van der Waals surface area contributed by atoms with Crippen LogP contribution < -0.4 is 0 Å². The molecule has 0 aliphatic carbocycles. The molecule has 0 rings (SSSR count). The Morgan fingerprint density at radius 3 is 2.36 bits per heavy atom. The molecule has 0 unspecified atom stereocenters. The molecule has 2 nitrogen and oxygen atoms in total. The third kappa shape index (κ3) is 7.22. The lowest BCUT2D eigenvalue weighted by atomic mass is 10.3. The summed E-state index contributed by atoms with van der Waals surface area (Å²) in [6.45, 7) is 3.36. The fraction of sp³-hybridized carbons (Fsp3) is 0.857. The third-order valence-electron chi connectivity index (χ3n) is 0.934. The molecule has 0 spiro atoms. The van der Waals surface area contributed by atoms with Crippen LogP contribution in [0, 0.1) is 0 Å². The second-order valence-corrected chi connectivity index (χ2v) is 2.47. The maximum absolute atomic E-state index is 11.5. The molecule has 0 bridgehead atoms. The van der Waals surface area contributed by atoms with Crippen molar-refractivity contribution in [3.8, 4) is 0 Å². The minimum Gasteiger partial charge on any atom is -0.463 e. The minimum atomic E-state index is -2.42. The number of carbonyl (C=O) groups excluding carboxylic acids is 1. The van der Waals surface area contributed by atoms with Gasteiger partial charge in [0.2, 0.25) is 6.43 Å². The Kier molecular flexibility index (Phi) is 4.74. The molecule has 0 atom stereocenters. The van der Waals surface area contributed by atoms with Gasteiger partial charge in [-0.15, -0.1) is 0 Å². The van der Waals surface area contributed by atoms with Crippen molar-refractivity contribution in [1.29, 1.82) is 0 Å². The van der Waals surface area contributed by atoms with Gasteiger partial charge in [-0.2, -0.15) is 0 Å². The van der Waals surface area contributed by atoms with E-state index in [0.717, 1.165) is 0 Å². The third-order valence-corrected chi connectivity index (χ3v) is 0.934. The monoisotopic (exact) mass is 166 g/mol. The number of hydrogen-bond acceptors (Lipinski definition) is 2. The first-order valence-corrected chi connectivity index (χ1v) is 3.50. The van der Waals surface area contributed by atoms with Gasteiger partial charge in [0.1, 0.15) is 0 Å². The molecule has 0 aliphatic rings. The highest BCUT2D eigenvalue weighted by Crippen LogP contribution is 2.04. The van der Waals surface area contributed by atoms with E-state index in [0.29, 0.717) is 0 Å². The highest BCUT2D eigenvalue weighted by molar-refractivity contribution is 5.69. The molecule has 0 aromatic rings. The van der Waals surface area contributed by atoms with Crippen molar-refractivity contribution in [3.05, 3.63) is 0 Å². The van der Waals surface area contributed by atoms with Gasteiger partial charge in [-0.1, -0.05) is 0 Å². The quantitative estimate of drug-likeness (QED) is 0.597. The molecule has 0 heterocycles. The van der Waals surface area contributed by atoms with E-state index in [1.807, 2.05) is 0 Å². The highest BCUT2D eigenvalue weighted by atomic mass is 19.3. The van der Waals surface area contributed by atoms with Crippen LogP contribution in [0.25, 0.3) is 0 Å². The molecule has 4 heteroatoms. The Morgan fingerprint density at radius 2 is 2.00 bits per heavy atom. The SMILES string of the molecule is CC(C)OC(=O)CCC(F)F. The van der Waals surface area contributed by atoms with Crippen LogP contribution in [0.5, 0.6) is 0 Å². The van der Waals surface area contributed by atoms with Crippen LogP contribution in [0.4, 0.5) is 8.78 Å². The zero-order valence-electron chi connectivity index (χ0n) is 6.64. The molecule has 0 aromatic heterocycles. The lowest BCUT2D eigenvalue weighted by Crippen LogP contribution is -2.12. The molecule has 0 N–H and O–H groups in total. The van der Waals surface area contributed by atoms with E-state index in [1.54, 1.807) is 13.8 Å². The number of ether oxygens (including phenoxy) is 1. The number of rotatable bonds is 4. The number of carbonyl (C=O) groups is 1. The number of hydrogen-bond donors (Lipinski definition) is 0. The van der Waals surface area contributed by atoms with E-state index >= 15 is 0 Å². The van der Waals surface area contributed by atoms with Crippen LogP contribution in [0.1, 0.15) is 26.7 Å². The molecular formula is C7H12F2O2. The van der Waals surface area contributed by atoms with Crippen LogP contribution in [-0.2, 0) is 9.53 Å². The predicted molar refractivity (Wildman–Crippen MR) is 36.5 cm³/mol. The van der Waals surface area contributed by atoms with E-state index in [-0.39, 0.29) is 12.5 Å². The average molecular weight is 166 g/mol. The Balaban J connectivity index is 3.38. The summed E-state index contributed by atoms with van der Waals surface area (Å²) in [7, 11) is 0. The molecule has 66 valence electrons. The summed E-state index contributed by atoms with van der Waals surface area (Å²) in [6, 6.07) is 0. The van der Waals surface area contributed by atoms with Crippen LogP contribution >= 0.6 is 0 Å². The van der Waals surface area contributed by atoms with Crippen LogP contribution in [0.15, 0.2) is 0 Å². The molecule has 0 fully saturated rings. The second-order valence-electron chi connectivity index (χ2n) is 2.47. The van der Waals surface area contributed by atoms with Gasteiger partial charge in [0, 0.05) is 6.42 Å². The summed E-state index contributed by atoms with van der Waals surface area (Å²) in [5.41, 5.74) is 0. The first kappa shape index (κ1) is 10.3. The van der Waals surface area contributed by atoms with Crippen molar-refractivity contribution in [2.45, 2.75) is 39.2 Å². The van der Waals surface area contributed by atoms with Gasteiger partial charge in [-0.3, -0.25) is 4.79 Å². The van der Waals surface area contributed by atoms with Gasteiger partial charge in [0.05, 0.1) is 12.5 Å². The topological polar surface area (TPSA) is 26.3 Å². The van der Waals surface area contributed by atoms with Gasteiger partial charge in [-0.05, 0) is 13.8 Å². The lowest BCUT2D eigenvalue weighted by Gasteiger charge is -2.06. The molecule has 0 saturated carbocycles. The summed E-state index contributed by atoms with van der Waals surface area (Å²) >= 11 is 0. The molecule has 0 aliphatic heterocycles. The first-order valence-electron chi connectivity index (χ1n) is 3.50. The summed E-state index contributed by atoms with van der Waals surface area (Å²) in [6.07, 6.45) is -3.25. The Morgan fingerprint density at radius 1 is 1.45 bits per heavy atom. The van der Waals surface area contributed by atoms with Crippen LogP contribution in [-0.4, -0.2) is 18.5 Å². The van der Waals surface area contributed by atoms with Gasteiger partial charge >= 0.3 is 5.97 Å². The van der Waals surface area contributed by atoms with Crippen molar-refractivity contribution in [2.75, 3.05) is 0 Å². The maximum atomic E-state index is 11.5. The molecule has 0 radical (unpaired) electrons. The average Bonchev–Trinajstić information content (AvgIpc) is 1.82. The lowest BCUT2D eigenvalue weighted by molar-refractivity contribution is -0.148. The van der Waals surface area contributed by atoms with Gasteiger partial charge in [0.15, 0.2) is 0 Å². The summed E-state index contributed by atoms with van der Waals surface area (Å²) < 4.78 is 27.7. The molecule has 0 amide bonds. The van der Waals surface area contributed by atoms with Gasteiger partial charge < -0.3 is 4.74 Å². The Labute approximate surface area is 64.5 Å². The standard InChI is InChI=1S/C7H12F2O2/c1-5(2)11-7(10)4-3-6(8)9/h5-6H,3-4H2,1-2H3. The van der Waals surface area contributed by atoms with Crippen molar-refractivity contribution in [3.63, 3.8) is 0 Å². The van der Waals surface area contributed by atoms with E-state index in [4.69, 9.17) is 0 Å². The molecule has 0 aromatic carbocycles. The van der Waals surface area contributed by atoms with Crippen molar-refractivity contribution >= 4 is 5.97 Å². The van der Waals surface area contributed by atoms with Crippen LogP contribution in [0.3, 0.4) is 0 Å². The second kappa shape index (κ2) is 5.04. The predicted octanol–water partition coefficient (Wildman–Crippen LogP) is 1.98. The number of esters is 1. The highest BCUT2D eigenvalue weighted by Gasteiger charge is 2.09. The van der Waals surface area contributed by atoms with Crippen LogP contribution in [0.2, 0.25) is 0 Å². The van der Waals surface area contributed by atoms with E-state index in [2.05, 4.69) is 4.74 Å². The summed E-state index contributed by atoms with van der Waals surface area (Å²) in [5, 5.41) is 0. The fourth-order valence-electron chi connectivity index (χ4n) is 0.549. The Hall–Kier alpha value is -0.670. The zero-order valence-corrected chi connectivity index (χ0v) is 6.64. The van der Waals surface area contributed by atoms with Gasteiger partial charge in [0.25, 0.3) is 0 Å². The number of alkyl halides is 2. The molecule has 11 heavy (non-hydrogen) atoms. The van der Waals surface area contributed by atoms with Crippen molar-refractivity contribution in [2.24, 2.45) is 0 Å². The molecular weight excluding hydrogens is 154 g/mol. The maximum Gasteiger partial charge on any atom is 0.306 e. The van der Waals surface area contributed by atoms with Gasteiger partial charge in [-0.25, -0.2) is 8.78 Å².